The number of allylic oxidation sites excluding steroid dienone is 2. The van der Waals surface area contributed by atoms with Gasteiger partial charge in [0.1, 0.15) is 36.3 Å². The van der Waals surface area contributed by atoms with E-state index in [9.17, 15) is 34.8 Å². The molecule has 15 heteroatoms. The van der Waals surface area contributed by atoms with Crippen molar-refractivity contribution in [2.45, 2.75) is 172 Å². The lowest BCUT2D eigenvalue weighted by atomic mass is 9.82. The van der Waals surface area contributed by atoms with Crippen molar-refractivity contribution in [3.63, 3.8) is 0 Å². The highest BCUT2D eigenvalue weighted by Gasteiger charge is 2.52. The van der Waals surface area contributed by atoms with E-state index in [0.717, 1.165) is 6.29 Å². The van der Waals surface area contributed by atoms with Crippen LogP contribution in [0.3, 0.4) is 0 Å². The molecule has 0 aliphatic carbocycles. The highest BCUT2D eigenvalue weighted by molar-refractivity contribution is 5.70. The van der Waals surface area contributed by atoms with Gasteiger partial charge in [0.15, 0.2) is 18.7 Å². The predicted molar refractivity (Wildman–Crippen MR) is 200 cm³/mol. The third-order valence-electron chi connectivity index (χ3n) is 10.6. The molecule has 4 N–H and O–H groups in total. The van der Waals surface area contributed by atoms with Crippen LogP contribution in [0.4, 0.5) is 0 Å². The zero-order chi connectivity index (χ0) is 41.2. The van der Waals surface area contributed by atoms with E-state index in [1.165, 1.54) is 7.11 Å². The van der Waals surface area contributed by atoms with Crippen molar-refractivity contribution in [2.75, 3.05) is 21.2 Å². The van der Waals surface area contributed by atoms with Gasteiger partial charge >= 0.3 is 11.9 Å². The fourth-order valence-electron chi connectivity index (χ4n) is 7.78. The van der Waals surface area contributed by atoms with E-state index in [1.54, 1.807) is 64.9 Å². The minimum absolute atomic E-state index is 0.0318. The predicted octanol–water partition coefficient (Wildman–Crippen LogP) is 2.44. The summed E-state index contributed by atoms with van der Waals surface area (Å²) in [6, 6.07) is -0.753. The van der Waals surface area contributed by atoms with E-state index in [0.29, 0.717) is 6.42 Å². The maximum atomic E-state index is 12.9. The standard InChI is InChI=1S/C40H67NO14/c1-22(2)18-30(45)53-38-26(6)51-32(21-40(38,7)48)54-35-25(5)52-39(34(47)33(35)41(8)9)55-36-27(16-17-42)19-23(3)28(43)15-13-11-12-14-24(4)50-31(46)20-29(44)37(36)49-10/h11-13,15,17,22-29,32-39,43-44,47-48H,14,16,18-21H2,1-10H3/b12-11+,15-13+/t23-,24-,25-,26+,27+,28+,29-,32+,33-,34-,35-,36+,37+,38+,39?,40-/m1/s1. The monoisotopic (exact) mass is 785 g/mol. The number of esters is 2. The summed E-state index contributed by atoms with van der Waals surface area (Å²) in [5.74, 6) is -2.03. The molecule has 0 aromatic heterocycles. The molecule has 0 radical (unpaired) electrons. The molecule has 15 nitrogen and oxygen atoms in total. The van der Waals surface area contributed by atoms with Crippen LogP contribution in [0.5, 0.6) is 0 Å². The molecule has 0 aromatic rings. The third kappa shape index (κ3) is 13.4. The molecule has 3 heterocycles. The Balaban J connectivity index is 1.90. The van der Waals surface area contributed by atoms with E-state index in [2.05, 4.69) is 0 Å². The van der Waals surface area contributed by atoms with Crippen LogP contribution in [0, 0.1) is 17.8 Å². The first-order valence-corrected chi connectivity index (χ1v) is 19.5. The third-order valence-corrected chi connectivity index (χ3v) is 10.6. The summed E-state index contributed by atoms with van der Waals surface area (Å²) in [6.07, 6.45) is -3.92. The normalized spacial score (nSPS) is 42.4. The lowest BCUT2D eigenvalue weighted by molar-refractivity contribution is -0.344. The Kier molecular flexibility index (Phi) is 18.4. The first-order chi connectivity index (χ1) is 25.8. The minimum atomic E-state index is -1.49. The summed E-state index contributed by atoms with van der Waals surface area (Å²) in [5.41, 5.74) is -1.49. The average molecular weight is 786 g/mol. The SMILES string of the molecule is CO[C@@H]1[C@@H](OC2O[C@H](C)[C@@H](O[C@H]3C[C@@](C)(O)[C@@H](OC(=O)CC(C)C)[C@H](C)O3)[C@H](N(C)C)[C@H]2O)[C@@H](CC=O)C[C@@H](C)[C@@H](O)/C=C/C=C/C[C@@H](C)OC(=O)C[C@H]1O. The lowest BCUT2D eigenvalue weighted by Gasteiger charge is -2.50. The molecule has 16 atom stereocenters. The highest BCUT2D eigenvalue weighted by atomic mass is 16.7. The minimum Gasteiger partial charge on any atom is -0.462 e. The molecular formula is C40H67NO14. The molecule has 2 saturated heterocycles. The van der Waals surface area contributed by atoms with Crippen molar-refractivity contribution in [3.05, 3.63) is 24.3 Å². The molecule has 2 fully saturated rings. The molecule has 55 heavy (non-hydrogen) atoms. The molecule has 3 rings (SSSR count). The molecule has 1 unspecified atom stereocenters. The van der Waals surface area contributed by atoms with Crippen LogP contribution in [-0.4, -0.2) is 150 Å². The maximum absolute atomic E-state index is 12.9. The van der Waals surface area contributed by atoms with Gasteiger partial charge in [-0.05, 0) is 66.0 Å². The van der Waals surface area contributed by atoms with Gasteiger partial charge < -0.3 is 63.3 Å². The number of rotatable bonds is 11. The summed E-state index contributed by atoms with van der Waals surface area (Å²) in [6.45, 7) is 12.4. The Bertz CT molecular complexity index is 1270. The lowest BCUT2D eigenvalue weighted by Crippen LogP contribution is -2.66. The summed E-state index contributed by atoms with van der Waals surface area (Å²) in [7, 11) is 4.86. The number of methoxy groups -OCH3 is 1. The van der Waals surface area contributed by atoms with Crippen LogP contribution in [0.25, 0.3) is 0 Å². The van der Waals surface area contributed by atoms with E-state index < -0.39 is 110 Å². The molecule has 0 saturated carbocycles. The highest BCUT2D eigenvalue weighted by Crippen LogP contribution is 2.37. The fraction of sp³-hybridized carbons (Fsp3) is 0.825. The van der Waals surface area contributed by atoms with Crippen molar-refractivity contribution in [2.24, 2.45) is 17.8 Å². The number of carbonyl (C=O) groups is 3. The van der Waals surface area contributed by atoms with E-state index in [1.807, 2.05) is 26.8 Å². The van der Waals surface area contributed by atoms with Crippen LogP contribution >= 0.6 is 0 Å². The van der Waals surface area contributed by atoms with Crippen LogP contribution < -0.4 is 0 Å². The van der Waals surface area contributed by atoms with Crippen LogP contribution in [0.2, 0.25) is 0 Å². The van der Waals surface area contributed by atoms with Gasteiger partial charge in [-0.15, -0.1) is 0 Å². The summed E-state index contributed by atoms with van der Waals surface area (Å²) in [4.78, 5) is 39.3. The number of hydrogen-bond acceptors (Lipinski definition) is 15. The molecule has 3 aliphatic heterocycles. The Labute approximate surface area is 326 Å². The van der Waals surface area contributed by atoms with E-state index >= 15 is 0 Å². The zero-order valence-electron chi connectivity index (χ0n) is 34.2. The second-order valence-electron chi connectivity index (χ2n) is 16.4. The Hall–Kier alpha value is -2.31. The molecule has 316 valence electrons. The Morgan fingerprint density at radius 3 is 2.33 bits per heavy atom. The van der Waals surface area contributed by atoms with Crippen molar-refractivity contribution >= 4 is 18.2 Å². The smallest absolute Gasteiger partial charge is 0.308 e. The number of cyclic esters (lactones) is 1. The first-order valence-electron chi connectivity index (χ1n) is 19.5. The molecular weight excluding hydrogens is 718 g/mol. The van der Waals surface area contributed by atoms with Crippen LogP contribution in [-0.2, 0) is 47.5 Å². The van der Waals surface area contributed by atoms with Crippen molar-refractivity contribution in [1.29, 1.82) is 0 Å². The summed E-state index contributed by atoms with van der Waals surface area (Å²) < 4.78 is 42.4. The van der Waals surface area contributed by atoms with Gasteiger partial charge in [-0.3, -0.25) is 9.59 Å². The van der Waals surface area contributed by atoms with Gasteiger partial charge in [0.05, 0.1) is 43.0 Å². The van der Waals surface area contributed by atoms with Crippen molar-refractivity contribution in [1.82, 2.24) is 4.90 Å². The van der Waals surface area contributed by atoms with Crippen molar-refractivity contribution in [3.8, 4) is 0 Å². The zero-order valence-corrected chi connectivity index (χ0v) is 34.2. The van der Waals surface area contributed by atoms with E-state index in [-0.39, 0.29) is 37.5 Å². The maximum Gasteiger partial charge on any atom is 0.308 e. The second-order valence-corrected chi connectivity index (χ2v) is 16.4. The molecule has 3 aliphatic rings. The van der Waals surface area contributed by atoms with Crippen LogP contribution in [0.15, 0.2) is 24.3 Å². The Morgan fingerprint density at radius 2 is 1.73 bits per heavy atom. The quantitative estimate of drug-likeness (QED) is 0.176. The molecule has 0 aromatic carbocycles. The summed E-state index contributed by atoms with van der Waals surface area (Å²) >= 11 is 0. The van der Waals surface area contributed by atoms with Gasteiger partial charge in [0.25, 0.3) is 0 Å². The number of carbonyl (C=O) groups excluding carboxylic acids is 3. The largest absolute Gasteiger partial charge is 0.462 e. The fourth-order valence-corrected chi connectivity index (χ4v) is 7.78. The number of ether oxygens (including phenoxy) is 7. The molecule has 0 amide bonds. The number of aldehydes is 1. The summed E-state index contributed by atoms with van der Waals surface area (Å²) in [5, 5.41) is 45.8. The number of likely N-dealkylation sites (N-methyl/N-ethyl adjacent to an activating group) is 1. The second kappa shape index (κ2) is 21.4. The van der Waals surface area contributed by atoms with Gasteiger partial charge in [-0.2, -0.15) is 0 Å². The first kappa shape index (κ1) is 47.1. The van der Waals surface area contributed by atoms with Gasteiger partial charge in [0.2, 0.25) is 0 Å². The molecule has 0 spiro atoms. The number of aliphatic hydroxyl groups is 4. The van der Waals surface area contributed by atoms with Gasteiger partial charge in [-0.25, -0.2) is 0 Å². The molecule has 0 bridgehead atoms. The van der Waals surface area contributed by atoms with Gasteiger partial charge in [0, 0.05) is 32.8 Å². The Morgan fingerprint density at radius 1 is 1.04 bits per heavy atom. The van der Waals surface area contributed by atoms with Crippen LogP contribution in [0.1, 0.15) is 87.0 Å². The number of hydrogen-bond donors (Lipinski definition) is 4. The average Bonchev–Trinajstić information content (AvgIpc) is 3.06. The number of aliphatic hydroxyl groups excluding tert-OH is 3. The number of nitrogens with zero attached hydrogens (tertiary/aromatic N) is 1. The van der Waals surface area contributed by atoms with Gasteiger partial charge in [-0.1, -0.05) is 45.1 Å². The topological polar surface area (TPSA) is 200 Å². The van der Waals surface area contributed by atoms with E-state index in [4.69, 9.17) is 33.2 Å². The van der Waals surface area contributed by atoms with Crippen molar-refractivity contribution < 1.29 is 68.0 Å².